The van der Waals surface area contributed by atoms with Crippen LogP contribution < -0.4 is 5.32 Å². The van der Waals surface area contributed by atoms with Crippen LogP contribution in [0.3, 0.4) is 0 Å². The summed E-state index contributed by atoms with van der Waals surface area (Å²) in [6, 6.07) is 19.0. The average molecular weight is 392 g/mol. The lowest BCUT2D eigenvalue weighted by atomic mass is 10.0. The minimum Gasteiger partial charge on any atom is -0.324 e. The predicted molar refractivity (Wildman–Crippen MR) is 105 cm³/mol. The van der Waals surface area contributed by atoms with Gasteiger partial charge in [-0.05, 0) is 29.3 Å². The Morgan fingerprint density at radius 2 is 1.69 bits per heavy atom. The number of rotatable bonds is 5. The Kier molecular flexibility index (Phi) is 5.08. The smallest absolute Gasteiger partial charge is 0.255 e. The third-order valence-electron chi connectivity index (χ3n) is 4.99. The number of fused-ring (bicyclic) bond motifs is 1. The first-order valence-electron chi connectivity index (χ1n) is 9.21. The highest BCUT2D eigenvalue weighted by molar-refractivity contribution is 6.03. The number of amides is 2. The number of nitrogens with one attached hydrogen (secondary N) is 1. The molecule has 0 fully saturated rings. The van der Waals surface area contributed by atoms with Gasteiger partial charge in [0.05, 0.1) is 0 Å². The molecule has 0 saturated carbocycles. The van der Waals surface area contributed by atoms with E-state index in [0.29, 0.717) is 18.5 Å². The molecule has 1 heterocycles. The number of benzene rings is 3. The second kappa shape index (κ2) is 7.83. The topological polar surface area (TPSA) is 49.4 Å². The number of carbonyl (C=O) groups excluding carboxylic acids is 2. The molecule has 2 amide bonds. The Morgan fingerprint density at radius 1 is 0.966 bits per heavy atom. The van der Waals surface area contributed by atoms with E-state index in [4.69, 9.17) is 0 Å². The fraction of sp³-hybridized carbons (Fsp3) is 0.130. The first kappa shape index (κ1) is 18.8. The predicted octanol–water partition coefficient (Wildman–Crippen LogP) is 4.17. The number of hydrogen-bond donors (Lipinski definition) is 1. The van der Waals surface area contributed by atoms with E-state index >= 15 is 0 Å². The summed E-state index contributed by atoms with van der Waals surface area (Å²) in [4.78, 5) is 27.5. The average Bonchev–Trinajstić information content (AvgIpc) is 3.06. The van der Waals surface area contributed by atoms with Crippen LogP contribution in [0.25, 0.3) is 0 Å². The van der Waals surface area contributed by atoms with Crippen LogP contribution >= 0.6 is 0 Å². The Bertz CT molecular complexity index is 1070. The fourth-order valence-corrected chi connectivity index (χ4v) is 3.51. The van der Waals surface area contributed by atoms with Gasteiger partial charge in [0.1, 0.15) is 6.04 Å². The third-order valence-corrected chi connectivity index (χ3v) is 4.99. The van der Waals surface area contributed by atoms with E-state index < -0.39 is 23.6 Å². The molecule has 0 aliphatic carbocycles. The van der Waals surface area contributed by atoms with E-state index in [1.165, 1.54) is 11.0 Å². The molecule has 4 nitrogen and oxygen atoms in total. The first-order chi connectivity index (χ1) is 14.0. The summed E-state index contributed by atoms with van der Waals surface area (Å²) in [5.74, 6) is -2.72. The van der Waals surface area contributed by atoms with E-state index in [1.54, 1.807) is 12.1 Å². The minimum atomic E-state index is -1.05. The number of carbonyl (C=O) groups is 2. The van der Waals surface area contributed by atoms with Crippen molar-refractivity contribution in [3.8, 4) is 0 Å². The number of nitrogens with zero attached hydrogens (tertiary/aromatic N) is 1. The maximum atomic E-state index is 13.5. The molecule has 3 aromatic rings. The van der Waals surface area contributed by atoms with Crippen LogP contribution in [0.15, 0.2) is 72.8 Å². The van der Waals surface area contributed by atoms with Gasteiger partial charge in [-0.3, -0.25) is 9.59 Å². The maximum Gasteiger partial charge on any atom is 0.255 e. The monoisotopic (exact) mass is 392 g/mol. The molecular weight excluding hydrogens is 374 g/mol. The molecule has 0 spiro atoms. The fourth-order valence-electron chi connectivity index (χ4n) is 3.51. The summed E-state index contributed by atoms with van der Waals surface area (Å²) in [7, 11) is 0. The molecule has 6 heteroatoms. The van der Waals surface area contributed by atoms with Crippen LogP contribution in [0.1, 0.15) is 21.5 Å². The summed E-state index contributed by atoms with van der Waals surface area (Å²) in [6.07, 6.45) is 0.302. The molecule has 0 unspecified atom stereocenters. The van der Waals surface area contributed by atoms with Gasteiger partial charge in [-0.1, -0.05) is 48.5 Å². The first-order valence-corrected chi connectivity index (χ1v) is 9.21. The van der Waals surface area contributed by atoms with E-state index in [-0.39, 0.29) is 11.6 Å². The number of hydrogen-bond acceptors (Lipinski definition) is 2. The molecule has 29 heavy (non-hydrogen) atoms. The van der Waals surface area contributed by atoms with Crippen molar-refractivity contribution >= 4 is 17.5 Å². The van der Waals surface area contributed by atoms with E-state index in [2.05, 4.69) is 5.32 Å². The lowest BCUT2D eigenvalue weighted by Gasteiger charge is -2.27. The minimum absolute atomic E-state index is 0.135. The lowest BCUT2D eigenvalue weighted by molar-refractivity contribution is -0.120. The molecule has 0 aromatic heterocycles. The Balaban J connectivity index is 1.62. The maximum absolute atomic E-state index is 13.5. The Hall–Kier alpha value is -3.54. The van der Waals surface area contributed by atoms with Crippen LogP contribution in [0.2, 0.25) is 0 Å². The van der Waals surface area contributed by atoms with Crippen molar-refractivity contribution in [2.75, 3.05) is 5.32 Å². The summed E-state index contributed by atoms with van der Waals surface area (Å²) in [6.45, 7) is 0.317. The third kappa shape index (κ3) is 3.87. The van der Waals surface area contributed by atoms with Gasteiger partial charge < -0.3 is 10.2 Å². The molecule has 146 valence electrons. The molecule has 1 atom stereocenters. The second-order valence-corrected chi connectivity index (χ2v) is 6.91. The zero-order valence-corrected chi connectivity index (χ0v) is 15.4. The van der Waals surface area contributed by atoms with Gasteiger partial charge in [-0.15, -0.1) is 0 Å². The molecule has 3 aromatic carbocycles. The van der Waals surface area contributed by atoms with E-state index in [0.717, 1.165) is 23.3 Å². The largest absolute Gasteiger partial charge is 0.324 e. The van der Waals surface area contributed by atoms with Crippen LogP contribution in [0, 0.1) is 11.6 Å². The highest BCUT2D eigenvalue weighted by Crippen LogP contribution is 2.26. The molecule has 1 aliphatic heterocycles. The number of halogens is 2. The molecular formula is C23H18F2N2O2. The highest BCUT2D eigenvalue weighted by Gasteiger charge is 2.36. The molecule has 0 saturated heterocycles. The Labute approximate surface area is 166 Å². The summed E-state index contributed by atoms with van der Waals surface area (Å²) >= 11 is 0. The van der Waals surface area contributed by atoms with Crippen LogP contribution in [-0.2, 0) is 17.8 Å². The van der Waals surface area contributed by atoms with Crippen LogP contribution in [-0.4, -0.2) is 22.8 Å². The second-order valence-electron chi connectivity index (χ2n) is 6.91. The Morgan fingerprint density at radius 3 is 2.41 bits per heavy atom. The quantitative estimate of drug-likeness (QED) is 0.709. The van der Waals surface area contributed by atoms with Crippen molar-refractivity contribution < 1.29 is 18.4 Å². The van der Waals surface area contributed by atoms with Crippen molar-refractivity contribution in [2.24, 2.45) is 0 Å². The van der Waals surface area contributed by atoms with Gasteiger partial charge in [0.25, 0.3) is 5.91 Å². The van der Waals surface area contributed by atoms with Gasteiger partial charge in [-0.25, -0.2) is 8.78 Å². The van der Waals surface area contributed by atoms with E-state index in [9.17, 15) is 18.4 Å². The van der Waals surface area contributed by atoms with E-state index in [1.807, 2.05) is 42.5 Å². The summed E-state index contributed by atoms with van der Waals surface area (Å²) in [5.41, 5.74) is 2.46. The molecule has 0 radical (unpaired) electrons. The normalized spacial score (nSPS) is 13.9. The van der Waals surface area contributed by atoms with Gasteiger partial charge in [0, 0.05) is 30.3 Å². The van der Waals surface area contributed by atoms with Gasteiger partial charge in [0.15, 0.2) is 11.6 Å². The van der Waals surface area contributed by atoms with Crippen LogP contribution in [0.4, 0.5) is 14.5 Å². The van der Waals surface area contributed by atoms with Crippen molar-refractivity contribution in [1.82, 2.24) is 4.90 Å². The van der Waals surface area contributed by atoms with Gasteiger partial charge >= 0.3 is 0 Å². The molecule has 1 N–H and O–H groups in total. The molecule has 0 bridgehead atoms. The molecule has 1 aliphatic rings. The van der Waals surface area contributed by atoms with Crippen molar-refractivity contribution in [3.05, 3.63) is 101 Å². The standard InChI is InChI=1S/C23H18F2N2O2/c24-19-11-10-17(13-20(19)25)26-22(28)21(12-15-6-2-1-3-7-15)27-14-16-8-4-5-9-18(16)23(27)29/h1-11,13,21H,12,14H2,(H,26,28)/t21-/m1/s1. The zero-order chi connectivity index (χ0) is 20.4. The van der Waals surface area contributed by atoms with Crippen LogP contribution in [0.5, 0.6) is 0 Å². The zero-order valence-electron chi connectivity index (χ0n) is 15.4. The lowest BCUT2D eigenvalue weighted by Crippen LogP contribution is -2.45. The van der Waals surface area contributed by atoms with Gasteiger partial charge in [0.2, 0.25) is 5.91 Å². The van der Waals surface area contributed by atoms with Crippen molar-refractivity contribution in [1.29, 1.82) is 0 Å². The highest BCUT2D eigenvalue weighted by atomic mass is 19.2. The SMILES string of the molecule is O=C(Nc1ccc(F)c(F)c1)[C@@H](Cc1ccccc1)N1Cc2ccccc2C1=O. The summed E-state index contributed by atoms with van der Waals surface area (Å²) < 4.78 is 26.7. The summed E-state index contributed by atoms with van der Waals surface area (Å²) in [5, 5.41) is 2.62. The van der Waals surface area contributed by atoms with Crippen molar-refractivity contribution in [3.63, 3.8) is 0 Å². The van der Waals surface area contributed by atoms with Gasteiger partial charge in [-0.2, -0.15) is 0 Å². The number of anilines is 1. The molecule has 4 rings (SSSR count). The van der Waals surface area contributed by atoms with Crippen molar-refractivity contribution in [2.45, 2.75) is 19.0 Å².